The average molecular weight is 259 g/mol. The maximum Gasteiger partial charge on any atom is 0.316 e. The molecular weight excluding hydrogens is 248 g/mol. The SMILES string of the molecule is O=C1CCC(Nc2nnc(CCCl)o2)C(=O)N1. The van der Waals surface area contributed by atoms with E-state index in [9.17, 15) is 9.59 Å². The molecule has 1 aromatic rings. The molecule has 1 aliphatic heterocycles. The number of carbonyl (C=O) groups excluding carboxylic acids is 2. The number of nitrogens with one attached hydrogen (secondary N) is 2. The Bertz CT molecular complexity index is 434. The van der Waals surface area contributed by atoms with Crippen LogP contribution >= 0.6 is 11.6 Å². The van der Waals surface area contributed by atoms with E-state index < -0.39 is 6.04 Å². The summed E-state index contributed by atoms with van der Waals surface area (Å²) in [6.07, 6.45) is 1.19. The summed E-state index contributed by atoms with van der Waals surface area (Å²) < 4.78 is 5.22. The van der Waals surface area contributed by atoms with Gasteiger partial charge in [-0.25, -0.2) is 0 Å². The van der Waals surface area contributed by atoms with E-state index in [-0.39, 0.29) is 17.8 Å². The summed E-state index contributed by atoms with van der Waals surface area (Å²) in [6, 6.07) is -0.350. The molecule has 1 saturated heterocycles. The first-order chi connectivity index (χ1) is 8.19. The fourth-order valence-corrected chi connectivity index (χ4v) is 1.64. The van der Waals surface area contributed by atoms with Crippen LogP contribution in [0.2, 0.25) is 0 Å². The molecule has 92 valence electrons. The van der Waals surface area contributed by atoms with Crippen molar-refractivity contribution in [3.05, 3.63) is 5.89 Å². The van der Waals surface area contributed by atoms with Crippen LogP contribution in [-0.2, 0) is 16.0 Å². The molecule has 7 nitrogen and oxygen atoms in total. The first kappa shape index (κ1) is 11.8. The second-order valence-corrected chi connectivity index (χ2v) is 3.97. The van der Waals surface area contributed by atoms with Crippen molar-refractivity contribution in [3.8, 4) is 0 Å². The third-order valence-electron chi connectivity index (χ3n) is 2.31. The molecule has 0 spiro atoms. The molecular formula is C9H11ClN4O3. The van der Waals surface area contributed by atoms with Crippen molar-refractivity contribution < 1.29 is 14.0 Å². The molecule has 0 radical (unpaired) electrons. The topological polar surface area (TPSA) is 97.1 Å². The average Bonchev–Trinajstić information content (AvgIpc) is 2.71. The molecule has 0 aliphatic carbocycles. The third-order valence-corrected chi connectivity index (χ3v) is 2.50. The lowest BCUT2D eigenvalue weighted by atomic mass is 10.1. The van der Waals surface area contributed by atoms with Gasteiger partial charge in [0.05, 0.1) is 0 Å². The predicted octanol–water partition coefficient (Wildman–Crippen LogP) is 0.0680. The van der Waals surface area contributed by atoms with E-state index in [4.69, 9.17) is 16.0 Å². The smallest absolute Gasteiger partial charge is 0.316 e. The Morgan fingerprint density at radius 2 is 2.29 bits per heavy atom. The minimum atomic E-state index is -0.517. The van der Waals surface area contributed by atoms with Gasteiger partial charge in [-0.05, 0) is 6.42 Å². The first-order valence-corrected chi connectivity index (χ1v) is 5.71. The number of piperidine rings is 1. The first-order valence-electron chi connectivity index (χ1n) is 5.17. The number of imide groups is 1. The normalized spacial score (nSPS) is 20.2. The molecule has 1 aromatic heterocycles. The number of aromatic nitrogens is 2. The molecule has 0 bridgehead atoms. The molecule has 2 amide bonds. The Labute approximate surface area is 102 Å². The zero-order valence-electron chi connectivity index (χ0n) is 8.90. The summed E-state index contributed by atoms with van der Waals surface area (Å²) in [5.41, 5.74) is 0. The standard InChI is InChI=1S/C9H11ClN4O3/c10-4-3-7-13-14-9(17-7)11-5-1-2-6(15)12-8(5)16/h5H,1-4H2,(H,11,14)(H,12,15,16). The van der Waals surface area contributed by atoms with Crippen molar-refractivity contribution in [2.75, 3.05) is 11.2 Å². The highest BCUT2D eigenvalue weighted by Gasteiger charge is 2.27. The lowest BCUT2D eigenvalue weighted by molar-refractivity contribution is -0.133. The second kappa shape index (κ2) is 5.13. The van der Waals surface area contributed by atoms with Crippen LogP contribution in [0.15, 0.2) is 4.42 Å². The van der Waals surface area contributed by atoms with Crippen LogP contribution in [-0.4, -0.2) is 33.9 Å². The molecule has 1 aliphatic rings. The van der Waals surface area contributed by atoms with E-state index in [1.807, 2.05) is 0 Å². The predicted molar refractivity (Wildman–Crippen MR) is 58.5 cm³/mol. The number of aryl methyl sites for hydroxylation is 1. The lowest BCUT2D eigenvalue weighted by Gasteiger charge is -2.20. The summed E-state index contributed by atoms with van der Waals surface area (Å²) in [5.74, 6) is 0.162. The van der Waals surface area contributed by atoms with Crippen LogP contribution in [0.1, 0.15) is 18.7 Å². The van der Waals surface area contributed by atoms with Crippen LogP contribution in [0.5, 0.6) is 0 Å². The van der Waals surface area contributed by atoms with Gasteiger partial charge < -0.3 is 9.73 Å². The Morgan fingerprint density at radius 3 is 3.00 bits per heavy atom. The molecule has 8 heteroatoms. The van der Waals surface area contributed by atoms with E-state index in [1.54, 1.807) is 0 Å². The van der Waals surface area contributed by atoms with Crippen molar-refractivity contribution in [1.29, 1.82) is 0 Å². The summed E-state index contributed by atoms with van der Waals surface area (Å²) >= 11 is 5.53. The molecule has 1 fully saturated rings. The monoisotopic (exact) mass is 258 g/mol. The van der Waals surface area contributed by atoms with Crippen LogP contribution in [0.4, 0.5) is 6.01 Å². The molecule has 17 heavy (non-hydrogen) atoms. The Balaban J connectivity index is 1.95. The van der Waals surface area contributed by atoms with Crippen LogP contribution in [0, 0.1) is 0 Å². The number of rotatable bonds is 4. The van der Waals surface area contributed by atoms with Gasteiger partial charge >= 0.3 is 6.01 Å². The molecule has 1 unspecified atom stereocenters. The zero-order valence-corrected chi connectivity index (χ0v) is 9.66. The van der Waals surface area contributed by atoms with Gasteiger partial charge in [0, 0.05) is 18.7 Å². The maximum absolute atomic E-state index is 11.4. The number of halogens is 1. The van der Waals surface area contributed by atoms with Crippen LogP contribution in [0.3, 0.4) is 0 Å². The van der Waals surface area contributed by atoms with Crippen LogP contribution in [0.25, 0.3) is 0 Å². The molecule has 2 rings (SSSR count). The fourth-order valence-electron chi connectivity index (χ4n) is 1.47. The van der Waals surface area contributed by atoms with E-state index in [2.05, 4.69) is 20.8 Å². The van der Waals surface area contributed by atoms with Gasteiger partial charge in [0.1, 0.15) is 6.04 Å². The summed E-state index contributed by atoms with van der Waals surface area (Å²) in [7, 11) is 0. The van der Waals surface area contributed by atoms with Gasteiger partial charge in [-0.15, -0.1) is 16.7 Å². The zero-order chi connectivity index (χ0) is 12.3. The number of hydrogen-bond donors (Lipinski definition) is 2. The summed E-state index contributed by atoms with van der Waals surface area (Å²) in [6.45, 7) is 0. The van der Waals surface area contributed by atoms with Gasteiger partial charge in [0.2, 0.25) is 17.7 Å². The van der Waals surface area contributed by atoms with E-state index in [0.29, 0.717) is 31.0 Å². The van der Waals surface area contributed by atoms with E-state index >= 15 is 0 Å². The van der Waals surface area contributed by atoms with Gasteiger partial charge in [-0.1, -0.05) is 5.10 Å². The number of anilines is 1. The number of nitrogens with zero attached hydrogens (tertiary/aromatic N) is 2. The fraction of sp³-hybridized carbons (Fsp3) is 0.556. The molecule has 0 saturated carbocycles. The second-order valence-electron chi connectivity index (χ2n) is 3.59. The minimum Gasteiger partial charge on any atom is -0.408 e. The van der Waals surface area contributed by atoms with Crippen molar-refractivity contribution in [3.63, 3.8) is 0 Å². The lowest BCUT2D eigenvalue weighted by Crippen LogP contribution is -2.47. The Kier molecular flexibility index (Phi) is 3.58. The molecule has 0 aromatic carbocycles. The van der Waals surface area contributed by atoms with Gasteiger partial charge in [-0.2, -0.15) is 0 Å². The van der Waals surface area contributed by atoms with Crippen molar-refractivity contribution >= 4 is 29.4 Å². The molecule has 2 heterocycles. The Morgan fingerprint density at radius 1 is 1.47 bits per heavy atom. The highest BCUT2D eigenvalue weighted by Crippen LogP contribution is 2.12. The van der Waals surface area contributed by atoms with Crippen LogP contribution < -0.4 is 10.6 Å². The minimum absolute atomic E-state index is 0.166. The Hall–Kier alpha value is -1.63. The largest absolute Gasteiger partial charge is 0.408 e. The number of amides is 2. The summed E-state index contributed by atoms with van der Waals surface area (Å²) in [5, 5.41) is 12.5. The third kappa shape index (κ3) is 2.94. The van der Waals surface area contributed by atoms with Gasteiger partial charge in [0.25, 0.3) is 0 Å². The number of alkyl halides is 1. The van der Waals surface area contributed by atoms with E-state index in [0.717, 1.165) is 0 Å². The highest BCUT2D eigenvalue weighted by atomic mass is 35.5. The number of hydrogen-bond acceptors (Lipinski definition) is 6. The van der Waals surface area contributed by atoms with Crippen molar-refractivity contribution in [2.24, 2.45) is 0 Å². The highest BCUT2D eigenvalue weighted by molar-refractivity contribution is 6.17. The van der Waals surface area contributed by atoms with Crippen molar-refractivity contribution in [1.82, 2.24) is 15.5 Å². The molecule has 1 atom stereocenters. The van der Waals surface area contributed by atoms with Gasteiger partial charge in [0.15, 0.2) is 0 Å². The number of carbonyl (C=O) groups is 2. The quantitative estimate of drug-likeness (QED) is 0.586. The van der Waals surface area contributed by atoms with Crippen molar-refractivity contribution in [2.45, 2.75) is 25.3 Å². The van der Waals surface area contributed by atoms with E-state index in [1.165, 1.54) is 0 Å². The molecule has 2 N–H and O–H groups in total. The summed E-state index contributed by atoms with van der Waals surface area (Å²) in [4.78, 5) is 22.4. The van der Waals surface area contributed by atoms with Gasteiger partial charge in [-0.3, -0.25) is 14.9 Å². The maximum atomic E-state index is 11.4.